The smallest absolute Gasteiger partial charge is 0.118 e. The van der Waals surface area contributed by atoms with Crippen LogP contribution in [0.2, 0.25) is 10.6 Å². The quantitative estimate of drug-likeness (QED) is 0.653. The van der Waals surface area contributed by atoms with Crippen LogP contribution in [0.4, 0.5) is 0 Å². The molecule has 0 fully saturated rings. The van der Waals surface area contributed by atoms with Crippen molar-refractivity contribution >= 4 is 14.1 Å². The average Bonchev–Trinajstić information content (AvgIpc) is 2.27. The highest BCUT2D eigenvalue weighted by atomic mass is 27.2. The van der Waals surface area contributed by atoms with Gasteiger partial charge in [-0.1, -0.05) is 57.7 Å². The van der Waals surface area contributed by atoms with Crippen LogP contribution in [0, 0.1) is 11.8 Å². The van der Waals surface area contributed by atoms with Crippen LogP contribution in [-0.2, 0) is 5.28 Å². The lowest BCUT2D eigenvalue weighted by Crippen LogP contribution is -2.21. The SMILES string of the molecule is COc1ccccc1[CH2][Al-]([CH2]C(C)C)[CH2]C(C)C. The molecule has 18 heavy (non-hydrogen) atoms. The Morgan fingerprint density at radius 2 is 1.56 bits per heavy atom. The predicted molar refractivity (Wildman–Crippen MR) is 81.7 cm³/mol. The van der Waals surface area contributed by atoms with Gasteiger partial charge >= 0.3 is 0 Å². The summed E-state index contributed by atoms with van der Waals surface area (Å²) in [7, 11) is 1.78. The van der Waals surface area contributed by atoms with Gasteiger partial charge in [0.05, 0.1) is 7.11 Å². The fourth-order valence-electron chi connectivity index (χ4n) is 2.78. The largest absolute Gasteiger partial charge is 0.497 e. The van der Waals surface area contributed by atoms with E-state index < -0.39 is 14.1 Å². The van der Waals surface area contributed by atoms with Gasteiger partial charge in [0.2, 0.25) is 0 Å². The van der Waals surface area contributed by atoms with Crippen molar-refractivity contribution in [3.63, 3.8) is 0 Å². The molecule has 1 radical (unpaired) electrons. The average molecular weight is 262 g/mol. The Labute approximate surface area is 117 Å². The summed E-state index contributed by atoms with van der Waals surface area (Å²) in [6.45, 7) is 9.40. The maximum atomic E-state index is 5.48. The Hall–Kier alpha value is -0.448. The van der Waals surface area contributed by atoms with Gasteiger partial charge < -0.3 is 4.74 Å². The van der Waals surface area contributed by atoms with E-state index in [1.54, 1.807) is 7.11 Å². The van der Waals surface area contributed by atoms with Crippen LogP contribution in [0.25, 0.3) is 0 Å². The van der Waals surface area contributed by atoms with Gasteiger partial charge in [-0.3, -0.25) is 0 Å². The molecular weight excluding hydrogens is 235 g/mol. The highest BCUT2D eigenvalue weighted by Crippen LogP contribution is 2.23. The third kappa shape index (κ3) is 5.46. The van der Waals surface area contributed by atoms with E-state index in [4.69, 9.17) is 4.74 Å². The van der Waals surface area contributed by atoms with Gasteiger partial charge in [0, 0.05) is 0 Å². The van der Waals surface area contributed by atoms with Crippen LogP contribution in [0.3, 0.4) is 0 Å². The molecule has 0 aliphatic carbocycles. The summed E-state index contributed by atoms with van der Waals surface area (Å²) in [6.07, 6.45) is 0. The van der Waals surface area contributed by atoms with Gasteiger partial charge in [0.15, 0.2) is 0 Å². The number of rotatable bonds is 7. The molecular formula is C16H27AlO-. The predicted octanol–water partition coefficient (Wildman–Crippen LogP) is 4.58. The monoisotopic (exact) mass is 262 g/mol. The van der Waals surface area contributed by atoms with Crippen LogP contribution in [0.15, 0.2) is 24.3 Å². The molecule has 0 aromatic heterocycles. The molecule has 1 aromatic carbocycles. The normalized spacial score (nSPS) is 11.6. The topological polar surface area (TPSA) is 9.23 Å². The minimum atomic E-state index is -0.698. The molecule has 0 atom stereocenters. The van der Waals surface area contributed by atoms with Gasteiger partial charge in [0.1, 0.15) is 5.75 Å². The van der Waals surface area contributed by atoms with E-state index in [0.29, 0.717) is 0 Å². The maximum absolute atomic E-state index is 5.48. The third-order valence-corrected chi connectivity index (χ3v) is 7.55. The molecule has 0 aliphatic rings. The minimum Gasteiger partial charge on any atom is -0.497 e. The summed E-state index contributed by atoms with van der Waals surface area (Å²) in [5.41, 5.74) is 1.41. The lowest BCUT2D eigenvalue weighted by molar-refractivity contribution is 0.411. The van der Waals surface area contributed by atoms with Gasteiger partial charge in [0.25, 0.3) is 0 Å². The minimum absolute atomic E-state index is 0.698. The zero-order valence-corrected chi connectivity index (χ0v) is 13.7. The molecule has 1 nitrogen and oxygen atoms in total. The second kappa shape index (κ2) is 7.87. The van der Waals surface area contributed by atoms with Crippen molar-refractivity contribution in [3.8, 4) is 5.75 Å². The Balaban J connectivity index is 2.74. The van der Waals surface area contributed by atoms with Crippen molar-refractivity contribution in [1.29, 1.82) is 0 Å². The van der Waals surface area contributed by atoms with Crippen molar-refractivity contribution < 1.29 is 4.74 Å². The van der Waals surface area contributed by atoms with Gasteiger partial charge in [-0.25, -0.2) is 10.6 Å². The van der Waals surface area contributed by atoms with Crippen molar-refractivity contribution in [2.75, 3.05) is 7.11 Å². The molecule has 0 spiro atoms. The molecule has 0 aliphatic heterocycles. The molecule has 0 bridgehead atoms. The Kier molecular flexibility index (Phi) is 6.83. The lowest BCUT2D eigenvalue weighted by Gasteiger charge is -2.29. The fourth-order valence-corrected chi connectivity index (χ4v) is 6.93. The first kappa shape index (κ1) is 15.6. The maximum Gasteiger partial charge on any atom is 0.118 e. The first-order chi connectivity index (χ1) is 8.52. The number of benzene rings is 1. The standard InChI is InChI=1S/C8H9O.2C4H9.Al/c1-7-5-3-4-6-8(7)9-2;2*1-4(2)3;/h3-6H,1H2,2H3;2*4H,1H2,2-3H3;/q;;;-1. The highest BCUT2D eigenvalue weighted by molar-refractivity contribution is 6.58. The summed E-state index contributed by atoms with van der Waals surface area (Å²) in [5, 5.41) is 4.16. The van der Waals surface area contributed by atoms with E-state index in [0.717, 1.165) is 17.6 Å². The fraction of sp³-hybridized carbons (Fsp3) is 0.625. The molecule has 0 heterocycles. The van der Waals surface area contributed by atoms with E-state index in [1.165, 1.54) is 21.4 Å². The van der Waals surface area contributed by atoms with Gasteiger partial charge in [-0.15, -0.1) is 0 Å². The van der Waals surface area contributed by atoms with Crippen LogP contribution in [0.1, 0.15) is 33.3 Å². The first-order valence-corrected chi connectivity index (χ1v) is 9.59. The van der Waals surface area contributed by atoms with Crippen LogP contribution in [-0.4, -0.2) is 21.3 Å². The van der Waals surface area contributed by atoms with Crippen LogP contribution >= 0.6 is 0 Å². The molecule has 1 rings (SSSR count). The van der Waals surface area contributed by atoms with E-state index >= 15 is 0 Å². The molecule has 0 unspecified atom stereocenters. The van der Waals surface area contributed by atoms with Crippen LogP contribution < -0.4 is 4.74 Å². The van der Waals surface area contributed by atoms with Crippen molar-refractivity contribution in [2.24, 2.45) is 11.8 Å². The molecule has 101 valence electrons. The zero-order valence-electron chi connectivity index (χ0n) is 12.6. The van der Waals surface area contributed by atoms with E-state index in [1.807, 2.05) is 0 Å². The molecule has 0 saturated carbocycles. The Morgan fingerprint density at radius 3 is 2.06 bits per heavy atom. The van der Waals surface area contributed by atoms with E-state index in [9.17, 15) is 0 Å². The highest BCUT2D eigenvalue weighted by Gasteiger charge is 2.08. The summed E-state index contributed by atoms with van der Waals surface area (Å²) >= 11 is -0.698. The summed E-state index contributed by atoms with van der Waals surface area (Å²) in [6, 6.07) is 8.52. The van der Waals surface area contributed by atoms with E-state index in [2.05, 4.69) is 52.0 Å². The Morgan fingerprint density at radius 1 is 1.00 bits per heavy atom. The lowest BCUT2D eigenvalue weighted by atomic mass is 10.2. The molecule has 0 N–H and O–H groups in total. The second-order valence-corrected chi connectivity index (χ2v) is 9.22. The second-order valence-electron chi connectivity index (χ2n) is 6.14. The summed E-state index contributed by atoms with van der Waals surface area (Å²) in [4.78, 5) is 0. The molecule has 2 heteroatoms. The number of hydrogen-bond acceptors (Lipinski definition) is 1. The zero-order chi connectivity index (χ0) is 13.5. The van der Waals surface area contributed by atoms with Gasteiger partial charge in [-0.2, -0.15) is 5.28 Å². The molecule has 0 saturated heterocycles. The first-order valence-electron chi connectivity index (χ1n) is 7.14. The third-order valence-electron chi connectivity index (χ3n) is 3.31. The summed E-state index contributed by atoms with van der Waals surface area (Å²) in [5.74, 6) is 2.73. The van der Waals surface area contributed by atoms with Gasteiger partial charge in [-0.05, 0) is 25.8 Å². The summed E-state index contributed by atoms with van der Waals surface area (Å²) < 4.78 is 5.48. The van der Waals surface area contributed by atoms with Crippen molar-refractivity contribution in [2.45, 2.75) is 43.5 Å². The number of ether oxygens (including phenoxy) is 1. The van der Waals surface area contributed by atoms with Crippen molar-refractivity contribution in [3.05, 3.63) is 29.8 Å². The number of para-hydroxylation sites is 1. The number of methoxy groups -OCH3 is 1. The van der Waals surface area contributed by atoms with E-state index in [-0.39, 0.29) is 0 Å². The van der Waals surface area contributed by atoms with Crippen LogP contribution in [0.5, 0.6) is 5.75 Å². The van der Waals surface area contributed by atoms with Crippen molar-refractivity contribution in [1.82, 2.24) is 0 Å². The molecule has 0 amide bonds. The Bertz CT molecular complexity index is 337. The molecule has 1 aromatic rings. The number of hydrogen-bond donors (Lipinski definition) is 0.